The van der Waals surface area contributed by atoms with Gasteiger partial charge in [-0.3, -0.25) is 0 Å². The molecular weight excluding hydrogens is 410 g/mol. The van der Waals surface area contributed by atoms with E-state index in [-0.39, 0.29) is 16.4 Å². The highest BCUT2D eigenvalue weighted by Crippen LogP contribution is 2.57. The summed E-state index contributed by atoms with van der Waals surface area (Å²) < 4.78 is 65.1. The third-order valence-electron chi connectivity index (χ3n) is 6.99. The first-order valence-corrected chi connectivity index (χ1v) is 11.9. The van der Waals surface area contributed by atoms with E-state index in [1.165, 1.54) is 12.1 Å². The smallest absolute Gasteiger partial charge is 0.184 e. The van der Waals surface area contributed by atoms with Gasteiger partial charge in [-0.15, -0.1) is 0 Å². The van der Waals surface area contributed by atoms with Crippen LogP contribution in [0.1, 0.15) is 38.5 Å². The first-order chi connectivity index (χ1) is 14.4. The Balaban J connectivity index is 1.37. The highest BCUT2D eigenvalue weighted by atomic mass is 32.2. The van der Waals surface area contributed by atoms with Crippen molar-refractivity contribution in [3.8, 4) is 11.1 Å². The van der Waals surface area contributed by atoms with Crippen LogP contribution in [-0.2, 0) is 19.3 Å². The summed E-state index contributed by atoms with van der Waals surface area (Å²) in [7, 11) is -3.51. The topological polar surface area (TPSA) is 52.6 Å². The minimum Gasteiger partial charge on any atom is -0.348 e. The number of benzene rings is 2. The summed E-state index contributed by atoms with van der Waals surface area (Å²) in [5.41, 5.74) is 0.766. The lowest BCUT2D eigenvalue weighted by Gasteiger charge is -2.38. The van der Waals surface area contributed by atoms with Crippen molar-refractivity contribution >= 4 is 9.84 Å². The second-order valence-corrected chi connectivity index (χ2v) is 10.9. The molecule has 0 amide bonds. The van der Waals surface area contributed by atoms with Gasteiger partial charge in [0.05, 0.1) is 22.9 Å². The van der Waals surface area contributed by atoms with Crippen LogP contribution >= 0.6 is 0 Å². The van der Waals surface area contributed by atoms with Crippen LogP contribution in [0.5, 0.6) is 0 Å². The van der Waals surface area contributed by atoms with Crippen molar-refractivity contribution in [2.45, 2.75) is 54.0 Å². The van der Waals surface area contributed by atoms with E-state index in [4.69, 9.17) is 9.47 Å². The number of halogens is 2. The Kier molecular flexibility index (Phi) is 4.76. The van der Waals surface area contributed by atoms with E-state index in [1.807, 2.05) is 0 Å². The summed E-state index contributed by atoms with van der Waals surface area (Å²) in [6, 6.07) is 9.65. The molecule has 0 unspecified atom stereocenters. The summed E-state index contributed by atoms with van der Waals surface area (Å²) in [6.07, 6.45) is 4.36. The highest BCUT2D eigenvalue weighted by molar-refractivity contribution is 7.93. The van der Waals surface area contributed by atoms with Crippen molar-refractivity contribution in [2.24, 2.45) is 5.92 Å². The molecule has 5 rings (SSSR count). The van der Waals surface area contributed by atoms with Gasteiger partial charge in [0.15, 0.2) is 15.6 Å². The molecule has 1 aliphatic heterocycles. The zero-order chi connectivity index (χ0) is 21.0. The van der Waals surface area contributed by atoms with E-state index in [9.17, 15) is 17.2 Å². The zero-order valence-electron chi connectivity index (χ0n) is 16.6. The lowest BCUT2D eigenvalue weighted by atomic mass is 9.82. The number of ether oxygens (including phenoxy) is 2. The maximum Gasteiger partial charge on any atom is 0.184 e. The molecular formula is C23H24F2O4S. The van der Waals surface area contributed by atoms with Crippen LogP contribution in [0.2, 0.25) is 0 Å². The lowest BCUT2D eigenvalue weighted by molar-refractivity contribution is -0.182. The molecule has 3 aliphatic rings. The van der Waals surface area contributed by atoms with Gasteiger partial charge >= 0.3 is 0 Å². The lowest BCUT2D eigenvalue weighted by Crippen LogP contribution is -2.41. The zero-order valence-corrected chi connectivity index (χ0v) is 17.4. The van der Waals surface area contributed by atoms with Crippen molar-refractivity contribution < 1.29 is 26.7 Å². The second-order valence-electron chi connectivity index (χ2n) is 8.60. The Labute approximate surface area is 175 Å². The predicted octanol–water partition coefficient (Wildman–Crippen LogP) is 4.87. The summed E-state index contributed by atoms with van der Waals surface area (Å²) >= 11 is 0. The average molecular weight is 435 g/mol. The van der Waals surface area contributed by atoms with Crippen LogP contribution in [-0.4, -0.2) is 32.2 Å². The quantitative estimate of drug-likeness (QED) is 0.689. The maximum atomic E-state index is 14.1. The summed E-state index contributed by atoms with van der Waals surface area (Å²) in [4.78, 5) is 0.264. The van der Waals surface area contributed by atoms with E-state index in [2.05, 4.69) is 0 Å². The van der Waals surface area contributed by atoms with Crippen LogP contribution in [0.4, 0.5) is 8.78 Å². The van der Waals surface area contributed by atoms with Gasteiger partial charge in [0.2, 0.25) is 0 Å². The molecule has 0 radical (unpaired) electrons. The molecule has 2 aromatic carbocycles. The van der Waals surface area contributed by atoms with Gasteiger partial charge in [-0.05, 0) is 61.4 Å². The monoisotopic (exact) mass is 434 g/mol. The molecule has 1 heterocycles. The van der Waals surface area contributed by atoms with E-state index >= 15 is 0 Å². The molecule has 7 heteroatoms. The molecule has 1 saturated heterocycles. The molecule has 0 atom stereocenters. The van der Waals surface area contributed by atoms with E-state index in [1.54, 1.807) is 24.3 Å². The molecule has 160 valence electrons. The van der Waals surface area contributed by atoms with Gasteiger partial charge in [-0.1, -0.05) is 12.1 Å². The fourth-order valence-corrected chi connectivity index (χ4v) is 7.44. The minimum atomic E-state index is -3.51. The first kappa shape index (κ1) is 20.1. The summed E-state index contributed by atoms with van der Waals surface area (Å²) in [6.45, 7) is 1.21. The molecule has 1 spiro atoms. The van der Waals surface area contributed by atoms with E-state index in [0.717, 1.165) is 31.7 Å². The fourth-order valence-electron chi connectivity index (χ4n) is 5.16. The largest absolute Gasteiger partial charge is 0.348 e. The van der Waals surface area contributed by atoms with E-state index < -0.39 is 32.0 Å². The molecule has 4 nitrogen and oxygen atoms in total. The molecule has 0 aromatic heterocycles. The Hall–Kier alpha value is -1.83. The molecule has 30 heavy (non-hydrogen) atoms. The van der Waals surface area contributed by atoms with Crippen molar-refractivity contribution in [1.29, 1.82) is 0 Å². The van der Waals surface area contributed by atoms with Crippen molar-refractivity contribution in [3.05, 3.63) is 54.1 Å². The summed E-state index contributed by atoms with van der Waals surface area (Å²) in [5, 5.41) is 0. The Morgan fingerprint density at radius 2 is 1.50 bits per heavy atom. The molecule has 2 saturated carbocycles. The third-order valence-corrected chi connectivity index (χ3v) is 9.69. The molecule has 3 fully saturated rings. The minimum absolute atomic E-state index is 0.0927. The summed E-state index contributed by atoms with van der Waals surface area (Å²) in [5.74, 6) is -1.72. The van der Waals surface area contributed by atoms with Crippen molar-refractivity contribution in [3.63, 3.8) is 0 Å². The Morgan fingerprint density at radius 1 is 0.867 bits per heavy atom. The van der Waals surface area contributed by atoms with Crippen molar-refractivity contribution in [2.75, 3.05) is 13.2 Å². The van der Waals surface area contributed by atoms with E-state index in [0.29, 0.717) is 31.6 Å². The highest BCUT2D eigenvalue weighted by Gasteiger charge is 2.61. The SMILES string of the molecule is O=S(=O)(c1ccc(-c2ccc(F)cc2F)cc1)C1(C2CCC3(CC2)OCCO3)CC1. The Bertz CT molecular complexity index is 1050. The number of sulfone groups is 1. The van der Waals surface area contributed by atoms with Gasteiger partial charge in [-0.2, -0.15) is 0 Å². The van der Waals surface area contributed by atoms with Gasteiger partial charge in [0.25, 0.3) is 0 Å². The molecule has 0 N–H and O–H groups in total. The number of hydrogen-bond donors (Lipinski definition) is 0. The number of hydrogen-bond acceptors (Lipinski definition) is 4. The fraction of sp³-hybridized carbons (Fsp3) is 0.478. The predicted molar refractivity (Wildman–Crippen MR) is 108 cm³/mol. The third kappa shape index (κ3) is 3.18. The number of rotatable bonds is 4. The van der Waals surface area contributed by atoms with Crippen LogP contribution < -0.4 is 0 Å². The first-order valence-electron chi connectivity index (χ1n) is 10.4. The van der Waals surface area contributed by atoms with Crippen LogP contribution in [0, 0.1) is 17.6 Å². The van der Waals surface area contributed by atoms with Crippen LogP contribution in [0.25, 0.3) is 11.1 Å². The maximum absolute atomic E-state index is 14.1. The molecule has 2 aliphatic carbocycles. The molecule has 2 aromatic rings. The molecule has 0 bridgehead atoms. The van der Waals surface area contributed by atoms with Crippen LogP contribution in [0.3, 0.4) is 0 Å². The van der Waals surface area contributed by atoms with Gasteiger partial charge < -0.3 is 9.47 Å². The average Bonchev–Trinajstić information content (AvgIpc) is 3.44. The Morgan fingerprint density at radius 3 is 2.07 bits per heavy atom. The van der Waals surface area contributed by atoms with Crippen LogP contribution in [0.15, 0.2) is 47.4 Å². The van der Waals surface area contributed by atoms with Gasteiger partial charge in [0.1, 0.15) is 11.6 Å². The second kappa shape index (κ2) is 7.11. The van der Waals surface area contributed by atoms with Gasteiger partial charge in [0, 0.05) is 24.5 Å². The standard InChI is InChI=1S/C23H24F2O4S/c24-18-3-6-20(21(25)15-18)16-1-4-19(5-2-16)30(26,27)22(11-12-22)17-7-9-23(10-8-17)28-13-14-29-23/h1-6,15,17H,7-14H2. The van der Waals surface area contributed by atoms with Crippen molar-refractivity contribution in [1.82, 2.24) is 0 Å². The van der Waals surface area contributed by atoms with Gasteiger partial charge in [-0.25, -0.2) is 17.2 Å². The normalized spacial score (nSPS) is 23.0.